The van der Waals surface area contributed by atoms with Crippen LogP contribution < -0.4 is 9.97 Å². The third kappa shape index (κ3) is 5.13. The topological polar surface area (TPSA) is 106 Å². The third-order valence-corrected chi connectivity index (χ3v) is 10.4. The summed E-state index contributed by atoms with van der Waals surface area (Å²) in [5.74, 6) is 0.682. The Kier molecular flexibility index (Phi) is 8.45. The molecule has 8 nitrogen and oxygen atoms in total. The second kappa shape index (κ2) is 12.3. The van der Waals surface area contributed by atoms with Crippen molar-refractivity contribution in [1.82, 2.24) is 39.9 Å². The Morgan fingerprint density at radius 2 is 0.510 bits per heavy atom. The minimum atomic E-state index is 0. The van der Waals surface area contributed by atoms with Gasteiger partial charge in [0.25, 0.3) is 0 Å². The van der Waals surface area contributed by atoms with E-state index in [1.165, 1.54) is 0 Å². The summed E-state index contributed by atoms with van der Waals surface area (Å²) in [7, 11) is 0. The first-order chi connectivity index (χ1) is 23.1. The minimum absolute atomic E-state index is 0. The second-order valence-corrected chi connectivity index (χ2v) is 13.9. The van der Waals surface area contributed by atoms with Crippen LogP contribution >= 0.6 is 92.8 Å². The van der Waals surface area contributed by atoms with Gasteiger partial charge in [-0.25, -0.2) is 9.97 Å². The van der Waals surface area contributed by atoms with Crippen molar-refractivity contribution < 1.29 is 27.3 Å². The summed E-state index contributed by atoms with van der Waals surface area (Å²) in [4.78, 5) is 38.4. The van der Waals surface area contributed by atoms with Gasteiger partial charge in [-0.05, 0) is 48.5 Å². The van der Waals surface area contributed by atoms with Crippen LogP contribution in [0.3, 0.4) is 0 Å². The SMILES string of the molecule is Clc1ccc(Cl)c2c1-c1nc-2nc2[n-]c(nc3nc(nc4[n-]c(n1)c1c(Cl)ccc(Cl)c41)-c1c(Cl)ccc(Cl)c1-3)c1c(Cl)ccc(Cl)c21.[Cd+2]. The first-order valence-electron chi connectivity index (χ1n) is 13.7. The largest absolute Gasteiger partial charge is 2.00 e. The molecular formula is C32H8CdCl8N8. The van der Waals surface area contributed by atoms with E-state index in [4.69, 9.17) is 133 Å². The molecule has 0 saturated carbocycles. The van der Waals surface area contributed by atoms with E-state index in [1.54, 1.807) is 48.5 Å². The first-order valence-corrected chi connectivity index (χ1v) is 16.8. The summed E-state index contributed by atoms with van der Waals surface area (Å²) in [5, 5.41) is 4.34. The fourth-order valence-corrected chi connectivity index (χ4v) is 7.79. The molecule has 0 spiro atoms. The van der Waals surface area contributed by atoms with E-state index in [9.17, 15) is 0 Å². The summed E-state index contributed by atoms with van der Waals surface area (Å²) in [6.07, 6.45) is 0. The number of hydrogen-bond donors (Lipinski definition) is 0. The van der Waals surface area contributed by atoms with E-state index in [0.29, 0.717) is 84.0 Å². The summed E-state index contributed by atoms with van der Waals surface area (Å²) in [6, 6.07) is 13.1. The fourth-order valence-electron chi connectivity index (χ4n) is 5.85. The number of fused-ring (bicyclic) bond motifs is 20. The molecule has 49 heavy (non-hydrogen) atoms. The molecule has 5 heterocycles. The number of nitrogens with zero attached hydrogens (tertiary/aromatic N) is 8. The van der Waals surface area contributed by atoms with E-state index in [-0.39, 0.29) is 73.2 Å². The normalized spacial score (nSPS) is 11.9. The number of hydrogen-bond acceptors (Lipinski definition) is 6. The van der Waals surface area contributed by atoms with Crippen molar-refractivity contribution in [3.63, 3.8) is 0 Å². The van der Waals surface area contributed by atoms with Crippen molar-refractivity contribution in [2.24, 2.45) is 0 Å². The molecule has 0 aliphatic carbocycles. The van der Waals surface area contributed by atoms with Gasteiger partial charge in [0.1, 0.15) is 0 Å². The molecule has 0 amide bonds. The van der Waals surface area contributed by atoms with Gasteiger partial charge in [0.05, 0.1) is 43.4 Å². The summed E-state index contributed by atoms with van der Waals surface area (Å²) >= 11 is 53.9. The molecule has 4 aromatic carbocycles. The molecule has 2 aliphatic rings. The van der Waals surface area contributed by atoms with E-state index in [1.807, 2.05) is 0 Å². The van der Waals surface area contributed by atoms with Crippen LogP contribution in [0.2, 0.25) is 40.2 Å². The molecule has 0 saturated heterocycles. The predicted molar refractivity (Wildman–Crippen MR) is 194 cm³/mol. The molecule has 234 valence electrons. The third-order valence-electron chi connectivity index (χ3n) is 7.90. The van der Waals surface area contributed by atoms with Crippen LogP contribution in [0.15, 0.2) is 48.5 Å². The first kappa shape index (κ1) is 33.6. The van der Waals surface area contributed by atoms with E-state index >= 15 is 0 Å². The van der Waals surface area contributed by atoms with Gasteiger partial charge in [0.2, 0.25) is 0 Å². The Balaban J connectivity index is 0.00000348. The van der Waals surface area contributed by atoms with E-state index in [2.05, 4.69) is 0 Å². The fraction of sp³-hybridized carbons (Fsp3) is 0. The Bertz CT molecular complexity index is 2430. The summed E-state index contributed by atoms with van der Waals surface area (Å²) in [5.41, 5.74) is 2.40. The summed E-state index contributed by atoms with van der Waals surface area (Å²) in [6.45, 7) is 0. The maximum atomic E-state index is 6.74. The second-order valence-electron chi connectivity index (χ2n) is 10.6. The molecule has 3 aromatic heterocycles. The maximum Gasteiger partial charge on any atom is 2.00 e. The van der Waals surface area contributed by atoms with E-state index in [0.717, 1.165) is 0 Å². The monoisotopic (exact) mass is 898 g/mol. The van der Waals surface area contributed by atoms with Crippen molar-refractivity contribution in [2.75, 3.05) is 0 Å². The van der Waals surface area contributed by atoms with Crippen LogP contribution in [0.4, 0.5) is 0 Å². The van der Waals surface area contributed by atoms with Crippen LogP contribution in [-0.4, -0.2) is 29.9 Å². The van der Waals surface area contributed by atoms with Crippen LogP contribution in [0, 0.1) is 0 Å². The zero-order chi connectivity index (χ0) is 33.2. The molecule has 0 fully saturated rings. The molecule has 0 radical (unpaired) electrons. The van der Waals surface area contributed by atoms with Crippen molar-refractivity contribution in [1.29, 1.82) is 0 Å². The van der Waals surface area contributed by atoms with Crippen LogP contribution in [-0.2, 0) is 27.3 Å². The zero-order valence-electron chi connectivity index (χ0n) is 23.9. The van der Waals surface area contributed by atoms with Crippen LogP contribution in [0.5, 0.6) is 0 Å². The van der Waals surface area contributed by atoms with Gasteiger partial charge in [-0.1, -0.05) is 92.8 Å². The van der Waals surface area contributed by atoms with Crippen molar-refractivity contribution >= 4 is 137 Å². The molecule has 7 aromatic rings. The molecule has 9 rings (SSSR count). The van der Waals surface area contributed by atoms with Crippen LogP contribution in [0.25, 0.3) is 89.7 Å². The van der Waals surface area contributed by atoms with E-state index < -0.39 is 0 Å². The quantitative estimate of drug-likeness (QED) is 0.139. The minimum Gasteiger partial charge on any atom is -0.357 e. The molecule has 0 atom stereocenters. The number of aromatic nitrogens is 8. The van der Waals surface area contributed by atoms with Crippen molar-refractivity contribution in [3.8, 4) is 45.6 Å². The van der Waals surface area contributed by atoms with Gasteiger partial charge < -0.3 is 29.9 Å². The standard InChI is InChI=1S/C32H8Cl8N8.Cd/c33-9-1-2-10(34)18-17(9)25-41-26(18)46-28-21-13(37)5-6-14(38)22(21)30(43-28)48-32-24-16(40)8-7-15(39)23(24)31(44-32)47-29-20-12(36)4-3-11(35)19(20)27(42-29)45-25;/h1-8H;/q-2;+2. The maximum absolute atomic E-state index is 6.74. The average molecular weight is 901 g/mol. The molecule has 17 heteroatoms. The Hall–Kier alpha value is -2.52. The van der Waals surface area contributed by atoms with Crippen molar-refractivity contribution in [3.05, 3.63) is 88.7 Å². The zero-order valence-corrected chi connectivity index (χ0v) is 34.0. The molecule has 0 N–H and O–H groups in total. The Morgan fingerprint density at radius 3 is 0.735 bits per heavy atom. The Labute approximate surface area is 335 Å². The molecular weight excluding hydrogens is 892 g/mol. The smallest absolute Gasteiger partial charge is 0.357 e. The molecule has 8 bridgehead atoms. The average Bonchev–Trinajstić information content (AvgIpc) is 3.80. The van der Waals surface area contributed by atoms with Gasteiger partial charge in [-0.2, -0.15) is 0 Å². The number of benzene rings is 4. The van der Waals surface area contributed by atoms with Gasteiger partial charge in [0.15, 0.2) is 0 Å². The predicted octanol–water partition coefficient (Wildman–Crippen LogP) is 11.4. The summed E-state index contributed by atoms with van der Waals surface area (Å²) < 4.78 is 0. The van der Waals surface area contributed by atoms with Gasteiger partial charge in [-0.15, -0.1) is 0 Å². The Morgan fingerprint density at radius 1 is 0.306 bits per heavy atom. The molecule has 0 unspecified atom stereocenters. The number of rotatable bonds is 0. The van der Waals surface area contributed by atoms with Crippen LogP contribution in [0.1, 0.15) is 0 Å². The molecule has 2 aliphatic heterocycles. The van der Waals surface area contributed by atoms with Gasteiger partial charge in [0, 0.05) is 86.5 Å². The van der Waals surface area contributed by atoms with Crippen molar-refractivity contribution in [2.45, 2.75) is 0 Å². The van der Waals surface area contributed by atoms with Gasteiger partial charge >= 0.3 is 27.3 Å². The number of halogens is 8. The van der Waals surface area contributed by atoms with Gasteiger partial charge in [-0.3, -0.25) is 0 Å².